The second-order valence-corrected chi connectivity index (χ2v) is 4.35. The molecule has 1 aromatic rings. The standard InChI is InChI=1S/C13H20N2O3/c1-4-8-14-13-11(9-18-10(2)3)6-5-7-12(13)15(16)17/h5-7,10,14H,4,8-9H2,1-3H3. The summed E-state index contributed by atoms with van der Waals surface area (Å²) in [5, 5.41) is 14.1. The second kappa shape index (κ2) is 6.96. The summed E-state index contributed by atoms with van der Waals surface area (Å²) in [5.74, 6) is 0. The number of benzene rings is 1. The van der Waals surface area contributed by atoms with Gasteiger partial charge in [0.15, 0.2) is 0 Å². The van der Waals surface area contributed by atoms with Gasteiger partial charge < -0.3 is 10.1 Å². The van der Waals surface area contributed by atoms with Crippen molar-refractivity contribution in [1.29, 1.82) is 0 Å². The van der Waals surface area contributed by atoms with Crippen LogP contribution in [0.25, 0.3) is 0 Å². The fourth-order valence-electron chi connectivity index (χ4n) is 1.57. The van der Waals surface area contributed by atoms with Crippen molar-refractivity contribution in [2.45, 2.75) is 39.9 Å². The fourth-order valence-corrected chi connectivity index (χ4v) is 1.57. The fraction of sp³-hybridized carbons (Fsp3) is 0.538. The van der Waals surface area contributed by atoms with E-state index in [9.17, 15) is 10.1 Å². The first-order valence-electron chi connectivity index (χ1n) is 6.18. The average Bonchev–Trinajstić information content (AvgIpc) is 2.33. The SMILES string of the molecule is CCCNc1c(COC(C)C)cccc1[N+](=O)[O-]. The topological polar surface area (TPSA) is 64.4 Å². The minimum absolute atomic E-state index is 0.100. The van der Waals surface area contributed by atoms with Crippen LogP contribution < -0.4 is 5.32 Å². The highest BCUT2D eigenvalue weighted by atomic mass is 16.6. The molecule has 0 saturated carbocycles. The third-order valence-electron chi connectivity index (χ3n) is 2.45. The van der Waals surface area contributed by atoms with Crippen LogP contribution in [-0.2, 0) is 11.3 Å². The Kier molecular flexibility index (Phi) is 5.58. The quantitative estimate of drug-likeness (QED) is 0.597. The molecule has 0 aromatic heterocycles. The van der Waals surface area contributed by atoms with Gasteiger partial charge in [-0.1, -0.05) is 19.1 Å². The molecule has 1 rings (SSSR count). The summed E-state index contributed by atoms with van der Waals surface area (Å²) >= 11 is 0. The predicted molar refractivity (Wildman–Crippen MR) is 71.8 cm³/mol. The Balaban J connectivity index is 2.99. The molecule has 0 saturated heterocycles. The number of ether oxygens (including phenoxy) is 1. The third kappa shape index (κ3) is 4.00. The molecule has 0 unspecified atom stereocenters. The Bertz CT molecular complexity index is 405. The molecule has 1 N–H and O–H groups in total. The molecule has 0 spiro atoms. The van der Waals surface area contributed by atoms with Crippen LogP contribution in [0.4, 0.5) is 11.4 Å². The first-order chi connectivity index (χ1) is 8.56. The largest absolute Gasteiger partial charge is 0.379 e. The van der Waals surface area contributed by atoms with E-state index < -0.39 is 0 Å². The summed E-state index contributed by atoms with van der Waals surface area (Å²) in [6, 6.07) is 5.05. The molecule has 0 heterocycles. The van der Waals surface area contributed by atoms with E-state index >= 15 is 0 Å². The molecule has 5 heteroatoms. The van der Waals surface area contributed by atoms with Gasteiger partial charge in [0.2, 0.25) is 0 Å². The van der Waals surface area contributed by atoms with Gasteiger partial charge in [-0.25, -0.2) is 0 Å². The summed E-state index contributed by atoms with van der Waals surface area (Å²) in [6.07, 6.45) is 1.01. The van der Waals surface area contributed by atoms with Gasteiger partial charge in [0.25, 0.3) is 5.69 Å². The molecule has 0 aliphatic heterocycles. The van der Waals surface area contributed by atoms with Crippen molar-refractivity contribution in [2.75, 3.05) is 11.9 Å². The molecule has 0 amide bonds. The zero-order valence-electron chi connectivity index (χ0n) is 11.1. The van der Waals surface area contributed by atoms with Gasteiger partial charge in [-0.3, -0.25) is 10.1 Å². The Morgan fingerprint density at radius 3 is 2.72 bits per heavy atom. The molecular weight excluding hydrogens is 232 g/mol. The zero-order chi connectivity index (χ0) is 13.5. The maximum Gasteiger partial charge on any atom is 0.292 e. The minimum Gasteiger partial charge on any atom is -0.379 e. The molecular formula is C13H20N2O3. The molecule has 0 radical (unpaired) electrons. The predicted octanol–water partition coefficient (Wildman–Crippen LogP) is 3.34. The molecule has 1 aromatic carbocycles. The van der Waals surface area contributed by atoms with Crippen LogP contribution in [0.5, 0.6) is 0 Å². The number of hydrogen-bond acceptors (Lipinski definition) is 4. The van der Waals surface area contributed by atoms with Crippen molar-refractivity contribution < 1.29 is 9.66 Å². The van der Waals surface area contributed by atoms with E-state index in [-0.39, 0.29) is 16.7 Å². The molecule has 18 heavy (non-hydrogen) atoms. The van der Waals surface area contributed by atoms with Gasteiger partial charge in [-0.15, -0.1) is 0 Å². The van der Waals surface area contributed by atoms with Crippen LogP contribution >= 0.6 is 0 Å². The number of hydrogen-bond donors (Lipinski definition) is 1. The van der Waals surface area contributed by atoms with Crippen LogP contribution in [0.1, 0.15) is 32.8 Å². The summed E-state index contributed by atoms with van der Waals surface area (Å²) in [5.41, 5.74) is 1.50. The number of para-hydroxylation sites is 1. The van der Waals surface area contributed by atoms with E-state index in [1.54, 1.807) is 6.07 Å². The molecule has 0 aliphatic rings. The van der Waals surface area contributed by atoms with Crippen molar-refractivity contribution >= 4 is 11.4 Å². The second-order valence-electron chi connectivity index (χ2n) is 4.35. The van der Waals surface area contributed by atoms with Gasteiger partial charge in [-0.05, 0) is 20.3 Å². The molecule has 0 fully saturated rings. The number of rotatable bonds is 7. The number of nitrogens with zero attached hydrogens (tertiary/aromatic N) is 1. The summed E-state index contributed by atoms with van der Waals surface area (Å²) in [4.78, 5) is 10.6. The van der Waals surface area contributed by atoms with Crippen molar-refractivity contribution in [3.05, 3.63) is 33.9 Å². The lowest BCUT2D eigenvalue weighted by molar-refractivity contribution is -0.384. The van der Waals surface area contributed by atoms with Crippen molar-refractivity contribution in [1.82, 2.24) is 0 Å². The first kappa shape index (κ1) is 14.4. The van der Waals surface area contributed by atoms with Crippen molar-refractivity contribution in [3.63, 3.8) is 0 Å². The maximum absolute atomic E-state index is 11.0. The Hall–Kier alpha value is -1.62. The third-order valence-corrected chi connectivity index (χ3v) is 2.45. The van der Waals surface area contributed by atoms with E-state index in [0.29, 0.717) is 18.8 Å². The Labute approximate surface area is 107 Å². The summed E-state index contributed by atoms with van der Waals surface area (Å²) < 4.78 is 5.52. The summed E-state index contributed by atoms with van der Waals surface area (Å²) in [7, 11) is 0. The molecule has 0 atom stereocenters. The van der Waals surface area contributed by atoms with Gasteiger partial charge in [0, 0.05) is 18.2 Å². The van der Waals surface area contributed by atoms with E-state index in [4.69, 9.17) is 4.74 Å². The highest BCUT2D eigenvalue weighted by Gasteiger charge is 2.17. The highest BCUT2D eigenvalue weighted by Crippen LogP contribution is 2.29. The van der Waals surface area contributed by atoms with Gasteiger partial charge in [0.1, 0.15) is 5.69 Å². The maximum atomic E-state index is 11.0. The average molecular weight is 252 g/mol. The molecule has 0 aliphatic carbocycles. The van der Waals surface area contributed by atoms with Gasteiger partial charge in [-0.2, -0.15) is 0 Å². The van der Waals surface area contributed by atoms with Gasteiger partial charge >= 0.3 is 0 Å². The number of nitro groups is 1. The van der Waals surface area contributed by atoms with E-state index in [1.165, 1.54) is 6.07 Å². The Morgan fingerprint density at radius 1 is 1.44 bits per heavy atom. The zero-order valence-corrected chi connectivity index (χ0v) is 11.1. The van der Waals surface area contributed by atoms with Gasteiger partial charge in [0.05, 0.1) is 17.6 Å². The molecule has 5 nitrogen and oxygen atoms in total. The summed E-state index contributed by atoms with van der Waals surface area (Å²) in [6.45, 7) is 6.99. The van der Waals surface area contributed by atoms with Crippen molar-refractivity contribution in [2.24, 2.45) is 0 Å². The van der Waals surface area contributed by atoms with Crippen LogP contribution in [-0.4, -0.2) is 17.6 Å². The minimum atomic E-state index is -0.364. The lowest BCUT2D eigenvalue weighted by atomic mass is 10.1. The van der Waals surface area contributed by atoms with E-state index in [2.05, 4.69) is 5.32 Å². The van der Waals surface area contributed by atoms with Crippen LogP contribution in [0.2, 0.25) is 0 Å². The lowest BCUT2D eigenvalue weighted by Crippen LogP contribution is -2.09. The smallest absolute Gasteiger partial charge is 0.292 e. The molecule has 100 valence electrons. The number of anilines is 1. The van der Waals surface area contributed by atoms with E-state index in [0.717, 1.165) is 12.0 Å². The number of nitrogens with one attached hydrogen (secondary N) is 1. The first-order valence-corrected chi connectivity index (χ1v) is 6.18. The monoisotopic (exact) mass is 252 g/mol. The normalized spacial score (nSPS) is 10.7. The molecule has 0 bridgehead atoms. The van der Waals surface area contributed by atoms with Crippen LogP contribution in [0.15, 0.2) is 18.2 Å². The van der Waals surface area contributed by atoms with E-state index in [1.807, 2.05) is 26.8 Å². The Morgan fingerprint density at radius 2 is 2.17 bits per heavy atom. The van der Waals surface area contributed by atoms with Crippen molar-refractivity contribution in [3.8, 4) is 0 Å². The van der Waals surface area contributed by atoms with Crippen LogP contribution in [0, 0.1) is 10.1 Å². The van der Waals surface area contributed by atoms with Crippen LogP contribution in [0.3, 0.4) is 0 Å². The number of nitro benzene ring substituents is 1. The lowest BCUT2D eigenvalue weighted by Gasteiger charge is -2.13. The highest BCUT2D eigenvalue weighted by molar-refractivity contribution is 5.66.